The molecule has 2 aromatic heterocycles. The molecule has 8 aromatic rings. The highest BCUT2D eigenvalue weighted by Crippen LogP contribution is 2.44. The van der Waals surface area contributed by atoms with Gasteiger partial charge < -0.3 is 9.32 Å². The van der Waals surface area contributed by atoms with E-state index < -0.39 is 0 Å². The topological polar surface area (TPSA) is 29.3 Å². The maximum absolute atomic E-state index is 6.45. The predicted molar refractivity (Wildman–Crippen MR) is 172 cm³/mol. The molecule has 0 spiro atoms. The molecule has 3 nitrogen and oxygen atoms in total. The van der Waals surface area contributed by atoms with Crippen molar-refractivity contribution >= 4 is 60.6 Å². The number of para-hydroxylation sites is 1. The average Bonchev–Trinajstić information content (AvgIpc) is 3.63. The molecule has 2 heterocycles. The highest BCUT2D eigenvalue weighted by molar-refractivity contribution is 7.21. The van der Waals surface area contributed by atoms with Gasteiger partial charge in [0.2, 0.25) is 0 Å². The van der Waals surface area contributed by atoms with E-state index in [2.05, 4.69) is 138 Å². The Morgan fingerprint density at radius 3 is 1.90 bits per heavy atom. The Morgan fingerprint density at radius 1 is 0.537 bits per heavy atom. The lowest BCUT2D eigenvalue weighted by Gasteiger charge is -2.26. The number of benzene rings is 6. The summed E-state index contributed by atoms with van der Waals surface area (Å²) in [5, 5.41) is 3.20. The summed E-state index contributed by atoms with van der Waals surface area (Å²) in [4.78, 5) is 7.26. The molecular weight excluding hydrogens is 520 g/mol. The van der Waals surface area contributed by atoms with Crippen molar-refractivity contribution in [2.45, 2.75) is 0 Å². The van der Waals surface area contributed by atoms with Gasteiger partial charge in [0.1, 0.15) is 16.2 Å². The lowest BCUT2D eigenvalue weighted by Crippen LogP contribution is -2.10. The summed E-state index contributed by atoms with van der Waals surface area (Å²) in [5.74, 6) is 0. The standard InChI is InChI=1S/C37H24N2OS/c1-4-11-25(12-5-1)26-19-21-29(22-20-26)39(28-15-8-3-9-16-28)32-17-10-18-33-36(32)30-23-35-31(24-34(30)40-33)38-37(41-35)27-13-6-2-7-14-27/h1-24H. The summed E-state index contributed by atoms with van der Waals surface area (Å²) in [6.45, 7) is 0. The van der Waals surface area contributed by atoms with E-state index in [4.69, 9.17) is 9.40 Å². The van der Waals surface area contributed by atoms with Gasteiger partial charge in [-0.2, -0.15) is 0 Å². The zero-order valence-corrected chi connectivity index (χ0v) is 22.9. The van der Waals surface area contributed by atoms with Crippen LogP contribution in [-0.2, 0) is 0 Å². The van der Waals surface area contributed by atoms with Crippen molar-refractivity contribution in [3.05, 3.63) is 146 Å². The summed E-state index contributed by atoms with van der Waals surface area (Å²) < 4.78 is 7.60. The van der Waals surface area contributed by atoms with Gasteiger partial charge in [-0.1, -0.05) is 97.1 Å². The molecule has 6 aromatic carbocycles. The van der Waals surface area contributed by atoms with Crippen molar-refractivity contribution in [2.75, 3.05) is 4.90 Å². The molecule has 0 aliphatic carbocycles. The molecule has 0 N–H and O–H groups in total. The van der Waals surface area contributed by atoms with Gasteiger partial charge >= 0.3 is 0 Å². The van der Waals surface area contributed by atoms with Crippen molar-refractivity contribution in [3.63, 3.8) is 0 Å². The van der Waals surface area contributed by atoms with E-state index in [9.17, 15) is 0 Å². The van der Waals surface area contributed by atoms with Crippen LogP contribution in [0.1, 0.15) is 0 Å². The van der Waals surface area contributed by atoms with Crippen LogP contribution in [-0.4, -0.2) is 4.98 Å². The SMILES string of the molecule is c1ccc(-c2ccc(N(c3ccccc3)c3cccc4oc5cc6nc(-c7ccccc7)sc6cc5c34)cc2)cc1. The minimum Gasteiger partial charge on any atom is -0.456 e. The second kappa shape index (κ2) is 9.77. The molecule has 0 aliphatic heterocycles. The maximum Gasteiger partial charge on any atom is 0.137 e. The van der Waals surface area contributed by atoms with Crippen molar-refractivity contribution in [3.8, 4) is 21.7 Å². The first-order chi connectivity index (χ1) is 20.3. The van der Waals surface area contributed by atoms with Crippen LogP contribution in [0.25, 0.3) is 53.9 Å². The average molecular weight is 545 g/mol. The molecule has 0 atom stereocenters. The molecule has 0 saturated heterocycles. The zero-order chi connectivity index (χ0) is 27.2. The molecule has 0 saturated carbocycles. The van der Waals surface area contributed by atoms with Crippen LogP contribution in [0.3, 0.4) is 0 Å². The van der Waals surface area contributed by atoms with Crippen LogP contribution in [0.4, 0.5) is 17.1 Å². The minimum absolute atomic E-state index is 0.845. The van der Waals surface area contributed by atoms with Gasteiger partial charge in [-0.15, -0.1) is 11.3 Å². The number of aromatic nitrogens is 1. The lowest BCUT2D eigenvalue weighted by atomic mass is 10.0. The number of anilines is 3. The number of thiazole rings is 1. The fourth-order valence-corrected chi connectivity index (χ4v) is 6.55. The number of fused-ring (bicyclic) bond motifs is 4. The fraction of sp³-hybridized carbons (Fsp3) is 0. The van der Waals surface area contributed by atoms with Crippen molar-refractivity contribution in [2.24, 2.45) is 0 Å². The van der Waals surface area contributed by atoms with Gasteiger partial charge in [-0.3, -0.25) is 0 Å². The van der Waals surface area contributed by atoms with Crippen LogP contribution in [0.5, 0.6) is 0 Å². The number of hydrogen-bond donors (Lipinski definition) is 0. The smallest absolute Gasteiger partial charge is 0.137 e. The third-order valence-electron chi connectivity index (χ3n) is 7.49. The van der Waals surface area contributed by atoms with Gasteiger partial charge in [-0.25, -0.2) is 4.98 Å². The second-order valence-electron chi connectivity index (χ2n) is 10.0. The normalized spacial score (nSPS) is 11.4. The fourth-order valence-electron chi connectivity index (χ4n) is 5.56. The van der Waals surface area contributed by atoms with Crippen LogP contribution < -0.4 is 4.90 Å². The van der Waals surface area contributed by atoms with Gasteiger partial charge in [-0.05, 0) is 53.6 Å². The Hall–Kier alpha value is -5.19. The van der Waals surface area contributed by atoms with E-state index >= 15 is 0 Å². The van der Waals surface area contributed by atoms with E-state index in [0.29, 0.717) is 0 Å². The third-order valence-corrected chi connectivity index (χ3v) is 8.56. The minimum atomic E-state index is 0.845. The molecule has 0 bridgehead atoms. The predicted octanol–water partition coefficient (Wildman–Crippen LogP) is 11.0. The van der Waals surface area contributed by atoms with Gasteiger partial charge in [0.15, 0.2) is 0 Å². The van der Waals surface area contributed by atoms with E-state index in [1.54, 1.807) is 11.3 Å². The molecule has 0 amide bonds. The largest absolute Gasteiger partial charge is 0.456 e. The van der Waals surface area contributed by atoms with Crippen LogP contribution in [0.2, 0.25) is 0 Å². The molecule has 8 rings (SSSR count). The monoisotopic (exact) mass is 544 g/mol. The number of nitrogens with zero attached hydrogens (tertiary/aromatic N) is 2. The second-order valence-corrected chi connectivity index (χ2v) is 11.1. The zero-order valence-electron chi connectivity index (χ0n) is 22.1. The quantitative estimate of drug-likeness (QED) is 0.216. The molecular formula is C37H24N2OS. The Labute approximate surface area is 241 Å². The highest BCUT2D eigenvalue weighted by Gasteiger charge is 2.20. The molecule has 0 radical (unpaired) electrons. The van der Waals surface area contributed by atoms with E-state index in [-0.39, 0.29) is 0 Å². The van der Waals surface area contributed by atoms with Gasteiger partial charge in [0.05, 0.1) is 21.3 Å². The first kappa shape index (κ1) is 23.7. The summed E-state index contributed by atoms with van der Waals surface area (Å²) in [5.41, 5.74) is 9.44. The third kappa shape index (κ3) is 4.17. The molecule has 41 heavy (non-hydrogen) atoms. The van der Waals surface area contributed by atoms with Crippen LogP contribution in [0.15, 0.2) is 150 Å². The van der Waals surface area contributed by atoms with E-state index in [1.165, 1.54) is 11.1 Å². The first-order valence-corrected chi connectivity index (χ1v) is 14.5. The van der Waals surface area contributed by atoms with E-state index in [0.717, 1.165) is 59.8 Å². The Balaban J connectivity index is 1.32. The Morgan fingerprint density at radius 2 is 1.17 bits per heavy atom. The number of hydrogen-bond acceptors (Lipinski definition) is 4. The molecule has 4 heteroatoms. The maximum atomic E-state index is 6.45. The summed E-state index contributed by atoms with van der Waals surface area (Å²) in [7, 11) is 0. The van der Waals surface area contributed by atoms with Crippen molar-refractivity contribution < 1.29 is 4.42 Å². The van der Waals surface area contributed by atoms with Crippen molar-refractivity contribution in [1.82, 2.24) is 4.98 Å². The number of rotatable bonds is 5. The summed E-state index contributed by atoms with van der Waals surface area (Å²) in [6.07, 6.45) is 0. The first-order valence-electron chi connectivity index (χ1n) is 13.6. The highest BCUT2D eigenvalue weighted by atomic mass is 32.1. The van der Waals surface area contributed by atoms with Gasteiger partial charge in [0.25, 0.3) is 0 Å². The summed E-state index contributed by atoms with van der Waals surface area (Å²) >= 11 is 1.72. The lowest BCUT2D eigenvalue weighted by molar-refractivity contribution is 0.669. The van der Waals surface area contributed by atoms with Crippen LogP contribution in [0, 0.1) is 0 Å². The number of furan rings is 1. The molecule has 0 fully saturated rings. The Kier molecular flexibility index (Phi) is 5.64. The Bertz CT molecular complexity index is 2130. The molecule has 0 aliphatic rings. The van der Waals surface area contributed by atoms with Crippen LogP contribution >= 0.6 is 11.3 Å². The van der Waals surface area contributed by atoms with Gasteiger partial charge in [0, 0.05) is 28.4 Å². The van der Waals surface area contributed by atoms with E-state index in [1.807, 2.05) is 12.1 Å². The molecule has 0 unspecified atom stereocenters. The molecule has 194 valence electrons. The summed E-state index contributed by atoms with van der Waals surface area (Å²) in [6, 6.07) is 50.8. The van der Waals surface area contributed by atoms with Crippen molar-refractivity contribution in [1.29, 1.82) is 0 Å².